The molecule has 0 spiro atoms. The van der Waals surface area contributed by atoms with Gasteiger partial charge in [-0.1, -0.05) is 31.5 Å². The summed E-state index contributed by atoms with van der Waals surface area (Å²) in [5.74, 6) is 0.882. The summed E-state index contributed by atoms with van der Waals surface area (Å²) in [6, 6.07) is 0.750. The molecule has 0 saturated heterocycles. The standard InChI is InChI=1S/C19H32FN5S/c1-2-24(16-9-4-3-5-10-16)19(26)13-7-12-18-21-22-23-25(18)17-11-6-8-15(20)14-17/h15-17H,2-14H2,1H3. The summed E-state index contributed by atoms with van der Waals surface area (Å²) in [5, 5.41) is 12.2. The van der Waals surface area contributed by atoms with Gasteiger partial charge in [-0.05, 0) is 62.3 Å². The summed E-state index contributed by atoms with van der Waals surface area (Å²) in [7, 11) is 0. The van der Waals surface area contributed by atoms with E-state index in [0.717, 1.165) is 49.5 Å². The van der Waals surface area contributed by atoms with E-state index in [-0.39, 0.29) is 6.04 Å². The van der Waals surface area contributed by atoms with Gasteiger partial charge in [0.1, 0.15) is 6.17 Å². The maximum absolute atomic E-state index is 13.7. The van der Waals surface area contributed by atoms with Crippen LogP contribution in [-0.2, 0) is 6.42 Å². The van der Waals surface area contributed by atoms with E-state index in [2.05, 4.69) is 27.3 Å². The van der Waals surface area contributed by atoms with Gasteiger partial charge in [-0.15, -0.1) is 5.10 Å². The quantitative estimate of drug-likeness (QED) is 0.654. The molecule has 0 bridgehead atoms. The lowest BCUT2D eigenvalue weighted by Gasteiger charge is -2.35. The zero-order valence-electron chi connectivity index (χ0n) is 15.9. The van der Waals surface area contributed by atoms with Crippen LogP contribution in [0.15, 0.2) is 0 Å². The summed E-state index contributed by atoms with van der Waals surface area (Å²) in [4.78, 5) is 3.52. The van der Waals surface area contributed by atoms with Gasteiger partial charge in [-0.3, -0.25) is 0 Å². The van der Waals surface area contributed by atoms with Crippen LogP contribution >= 0.6 is 12.2 Å². The Morgan fingerprint density at radius 1 is 1.19 bits per heavy atom. The van der Waals surface area contributed by atoms with Crippen LogP contribution < -0.4 is 0 Å². The lowest BCUT2D eigenvalue weighted by atomic mass is 9.93. The van der Waals surface area contributed by atoms with Crippen molar-refractivity contribution < 1.29 is 4.39 Å². The van der Waals surface area contributed by atoms with Gasteiger partial charge in [0.15, 0.2) is 5.82 Å². The first-order valence-corrected chi connectivity index (χ1v) is 10.8. The predicted molar refractivity (Wildman–Crippen MR) is 105 cm³/mol. The van der Waals surface area contributed by atoms with Crippen LogP contribution in [0.4, 0.5) is 4.39 Å². The number of aryl methyl sites for hydroxylation is 1. The number of thiocarbonyl (C=S) groups is 1. The number of rotatable bonds is 7. The van der Waals surface area contributed by atoms with E-state index in [4.69, 9.17) is 12.2 Å². The van der Waals surface area contributed by atoms with Crippen LogP contribution in [0.5, 0.6) is 0 Å². The lowest BCUT2D eigenvalue weighted by molar-refractivity contribution is 0.188. The van der Waals surface area contributed by atoms with Crippen molar-refractivity contribution in [2.45, 2.75) is 102 Å². The minimum Gasteiger partial charge on any atom is -0.363 e. The molecule has 2 aliphatic rings. The van der Waals surface area contributed by atoms with Crippen molar-refractivity contribution in [3.05, 3.63) is 5.82 Å². The fourth-order valence-corrected chi connectivity index (χ4v) is 4.98. The lowest BCUT2D eigenvalue weighted by Crippen LogP contribution is -2.40. The third kappa shape index (κ3) is 4.99. The number of alkyl halides is 1. The molecule has 2 aliphatic carbocycles. The van der Waals surface area contributed by atoms with E-state index in [1.54, 1.807) is 0 Å². The topological polar surface area (TPSA) is 46.8 Å². The van der Waals surface area contributed by atoms with Crippen molar-refractivity contribution in [2.24, 2.45) is 0 Å². The minimum absolute atomic E-state index is 0.116. The molecule has 146 valence electrons. The Balaban J connectivity index is 1.50. The van der Waals surface area contributed by atoms with Crippen LogP contribution in [-0.4, -0.2) is 48.9 Å². The highest BCUT2D eigenvalue weighted by atomic mass is 32.1. The third-order valence-corrected chi connectivity index (χ3v) is 6.40. The zero-order valence-corrected chi connectivity index (χ0v) is 16.8. The Morgan fingerprint density at radius 3 is 2.73 bits per heavy atom. The Morgan fingerprint density at radius 2 is 2.00 bits per heavy atom. The molecule has 1 aromatic heterocycles. The fourth-order valence-electron chi connectivity index (χ4n) is 4.56. The van der Waals surface area contributed by atoms with E-state index < -0.39 is 6.17 Å². The molecular weight excluding hydrogens is 349 g/mol. The van der Waals surface area contributed by atoms with Crippen LogP contribution in [0.1, 0.15) is 89.4 Å². The number of tetrazole rings is 1. The van der Waals surface area contributed by atoms with Crippen molar-refractivity contribution >= 4 is 17.2 Å². The van der Waals surface area contributed by atoms with Gasteiger partial charge in [0.05, 0.1) is 11.0 Å². The van der Waals surface area contributed by atoms with E-state index in [9.17, 15) is 4.39 Å². The summed E-state index contributed by atoms with van der Waals surface area (Å²) < 4.78 is 15.6. The molecule has 3 rings (SSSR count). The van der Waals surface area contributed by atoms with E-state index in [1.165, 1.54) is 32.1 Å². The van der Waals surface area contributed by atoms with Crippen molar-refractivity contribution in [3.8, 4) is 0 Å². The smallest absolute Gasteiger partial charge is 0.151 e. The van der Waals surface area contributed by atoms with E-state index in [0.29, 0.717) is 18.9 Å². The molecule has 1 heterocycles. The first-order valence-electron chi connectivity index (χ1n) is 10.4. The third-order valence-electron chi connectivity index (χ3n) is 5.96. The average molecular weight is 382 g/mol. The molecule has 5 nitrogen and oxygen atoms in total. The Kier molecular flexibility index (Phi) is 7.34. The second-order valence-electron chi connectivity index (χ2n) is 7.78. The SMILES string of the molecule is CCN(C(=S)CCCc1nnnn1C1CCCC(F)C1)C1CCCCC1. The maximum Gasteiger partial charge on any atom is 0.151 e. The second-order valence-corrected chi connectivity index (χ2v) is 8.25. The van der Waals surface area contributed by atoms with Gasteiger partial charge in [0.2, 0.25) is 0 Å². The molecular formula is C19H32FN5S. The molecule has 0 N–H and O–H groups in total. The Labute approximate surface area is 161 Å². The van der Waals surface area contributed by atoms with Crippen molar-refractivity contribution in [3.63, 3.8) is 0 Å². The second kappa shape index (κ2) is 9.72. The van der Waals surface area contributed by atoms with Crippen molar-refractivity contribution in [1.82, 2.24) is 25.1 Å². The molecule has 26 heavy (non-hydrogen) atoms. The van der Waals surface area contributed by atoms with Gasteiger partial charge in [0, 0.05) is 25.4 Å². The molecule has 7 heteroatoms. The largest absolute Gasteiger partial charge is 0.363 e. The molecule has 0 aliphatic heterocycles. The highest BCUT2D eigenvalue weighted by Gasteiger charge is 2.26. The van der Waals surface area contributed by atoms with Crippen LogP contribution in [0.2, 0.25) is 0 Å². The first-order chi connectivity index (χ1) is 12.7. The Hall–Kier alpha value is -1.11. The molecule has 2 atom stereocenters. The van der Waals surface area contributed by atoms with Crippen molar-refractivity contribution in [2.75, 3.05) is 6.54 Å². The molecule has 2 saturated carbocycles. The minimum atomic E-state index is -0.716. The van der Waals surface area contributed by atoms with Crippen LogP contribution in [0.3, 0.4) is 0 Å². The van der Waals surface area contributed by atoms with Gasteiger partial charge >= 0.3 is 0 Å². The fraction of sp³-hybridized carbons (Fsp3) is 0.895. The summed E-state index contributed by atoms with van der Waals surface area (Å²) >= 11 is 5.74. The predicted octanol–water partition coefficient (Wildman–Crippen LogP) is 4.43. The summed E-state index contributed by atoms with van der Waals surface area (Å²) in [6.45, 7) is 3.21. The highest BCUT2D eigenvalue weighted by molar-refractivity contribution is 7.80. The molecule has 2 unspecified atom stereocenters. The van der Waals surface area contributed by atoms with Gasteiger partial charge in [0.25, 0.3) is 0 Å². The zero-order chi connectivity index (χ0) is 18.4. The van der Waals surface area contributed by atoms with E-state index in [1.807, 2.05) is 4.68 Å². The summed E-state index contributed by atoms with van der Waals surface area (Å²) in [5.41, 5.74) is 0. The number of nitrogens with zero attached hydrogens (tertiary/aromatic N) is 5. The number of aromatic nitrogens is 4. The van der Waals surface area contributed by atoms with Crippen molar-refractivity contribution in [1.29, 1.82) is 0 Å². The first kappa shape index (κ1) is 19.6. The molecule has 2 fully saturated rings. The maximum atomic E-state index is 13.7. The number of hydrogen-bond acceptors (Lipinski definition) is 4. The Bertz CT molecular complexity index is 572. The highest BCUT2D eigenvalue weighted by Crippen LogP contribution is 2.30. The normalized spacial score (nSPS) is 24.5. The number of halogens is 1. The summed E-state index contributed by atoms with van der Waals surface area (Å²) in [6.07, 6.45) is 11.6. The average Bonchev–Trinajstić information content (AvgIpc) is 3.12. The van der Waals surface area contributed by atoms with Crippen LogP contribution in [0.25, 0.3) is 0 Å². The van der Waals surface area contributed by atoms with E-state index >= 15 is 0 Å². The van der Waals surface area contributed by atoms with Crippen LogP contribution in [0, 0.1) is 0 Å². The molecule has 0 amide bonds. The van der Waals surface area contributed by atoms with Gasteiger partial charge in [-0.2, -0.15) is 0 Å². The number of hydrogen-bond donors (Lipinski definition) is 0. The monoisotopic (exact) mass is 381 g/mol. The molecule has 1 aromatic rings. The molecule has 0 aromatic carbocycles. The van der Waals surface area contributed by atoms with Gasteiger partial charge in [-0.25, -0.2) is 9.07 Å². The molecule has 0 radical (unpaired) electrons. The van der Waals surface area contributed by atoms with Gasteiger partial charge < -0.3 is 4.90 Å².